The summed E-state index contributed by atoms with van der Waals surface area (Å²) in [5.74, 6) is -0.478. The van der Waals surface area contributed by atoms with E-state index in [1.807, 2.05) is 45.0 Å². The van der Waals surface area contributed by atoms with Crippen molar-refractivity contribution in [3.05, 3.63) is 64.2 Å². The van der Waals surface area contributed by atoms with Crippen molar-refractivity contribution in [1.82, 2.24) is 10.6 Å². The summed E-state index contributed by atoms with van der Waals surface area (Å²) in [5.41, 5.74) is 9.30. The third-order valence-electron chi connectivity index (χ3n) is 7.16. The summed E-state index contributed by atoms with van der Waals surface area (Å²) >= 11 is 0. The lowest BCUT2D eigenvalue weighted by Crippen LogP contribution is -2.55. The van der Waals surface area contributed by atoms with Crippen molar-refractivity contribution in [2.24, 2.45) is 11.7 Å². The fraction of sp³-hybridized carbons (Fsp3) is 0.517. The van der Waals surface area contributed by atoms with Gasteiger partial charge in [-0.3, -0.25) is 4.79 Å². The van der Waals surface area contributed by atoms with Gasteiger partial charge in [0.25, 0.3) is 0 Å². The number of phenols is 1. The highest BCUT2D eigenvalue weighted by Crippen LogP contribution is 2.38. The molecule has 1 saturated heterocycles. The van der Waals surface area contributed by atoms with E-state index >= 15 is 0 Å². The van der Waals surface area contributed by atoms with Crippen molar-refractivity contribution in [1.29, 1.82) is 0 Å². The molecule has 0 unspecified atom stereocenters. The Labute approximate surface area is 234 Å². The number of rotatable bonds is 11. The number of carbonyl (C=O) groups is 2. The highest BCUT2D eigenvalue weighted by molar-refractivity contribution is 5.85. The van der Waals surface area contributed by atoms with Gasteiger partial charge in [0.1, 0.15) is 42.3 Å². The normalized spacial score (nSPS) is 23.6. The number of aryl methyl sites for hydroxylation is 1. The Bertz CT molecular complexity index is 1150. The highest BCUT2D eigenvalue weighted by atomic mass is 16.5. The average molecular weight is 560 g/mol. The number of ether oxygens (including phenoxy) is 1. The van der Waals surface area contributed by atoms with Crippen LogP contribution in [0, 0.1) is 12.8 Å². The maximum absolute atomic E-state index is 12.2. The highest BCUT2D eigenvalue weighted by Gasteiger charge is 2.44. The van der Waals surface area contributed by atoms with Crippen LogP contribution in [0.1, 0.15) is 54.2 Å². The summed E-state index contributed by atoms with van der Waals surface area (Å²) in [6.45, 7) is 5.56. The summed E-state index contributed by atoms with van der Waals surface area (Å²) < 4.78 is 5.63. The number of urea groups is 1. The van der Waals surface area contributed by atoms with Gasteiger partial charge in [0.2, 0.25) is 5.91 Å². The number of benzene rings is 2. The van der Waals surface area contributed by atoms with Gasteiger partial charge in [-0.05, 0) is 66.5 Å². The minimum atomic E-state index is -1.54. The molecule has 0 spiro atoms. The zero-order valence-corrected chi connectivity index (χ0v) is 23.1. The summed E-state index contributed by atoms with van der Waals surface area (Å²) in [6, 6.07) is 9.92. The first-order chi connectivity index (χ1) is 18.9. The van der Waals surface area contributed by atoms with Gasteiger partial charge >= 0.3 is 6.03 Å². The van der Waals surface area contributed by atoms with E-state index in [1.54, 1.807) is 12.1 Å². The number of nitrogens with two attached hydrogens (primary N) is 1. The summed E-state index contributed by atoms with van der Waals surface area (Å²) in [4.78, 5) is 23.7. The van der Waals surface area contributed by atoms with Crippen LogP contribution in [0.4, 0.5) is 4.79 Å². The first kappa shape index (κ1) is 31.3. The Balaban J connectivity index is 1.62. The monoisotopic (exact) mass is 559 g/mol. The third kappa shape index (κ3) is 7.92. The summed E-state index contributed by atoms with van der Waals surface area (Å²) in [5, 5.41) is 56.2. The van der Waals surface area contributed by atoms with Crippen LogP contribution in [0.3, 0.4) is 0 Å². The van der Waals surface area contributed by atoms with Gasteiger partial charge in [-0.2, -0.15) is 0 Å². The maximum Gasteiger partial charge on any atom is 0.315 e. The Kier molecular flexibility index (Phi) is 10.9. The maximum atomic E-state index is 12.2. The lowest BCUT2D eigenvalue weighted by molar-refractivity contribution is -0.232. The van der Waals surface area contributed by atoms with Crippen molar-refractivity contribution in [3.8, 4) is 5.75 Å². The molecule has 0 aromatic heterocycles. The molecular weight excluding hydrogens is 518 g/mol. The molecule has 0 radical (unpaired) electrons. The minimum absolute atomic E-state index is 0.121. The molecule has 0 saturated carbocycles. The number of aliphatic hydroxyl groups is 4. The molecule has 1 fully saturated rings. The third-order valence-corrected chi connectivity index (χ3v) is 7.16. The number of primary amides is 1. The Morgan fingerprint density at radius 3 is 2.27 bits per heavy atom. The lowest BCUT2D eigenvalue weighted by Gasteiger charge is -2.40. The second-order valence-corrected chi connectivity index (χ2v) is 10.8. The number of aromatic hydroxyl groups is 1. The topological polar surface area (TPSA) is 195 Å². The molecule has 11 heteroatoms. The van der Waals surface area contributed by atoms with Crippen LogP contribution in [0.25, 0.3) is 0 Å². The van der Waals surface area contributed by atoms with Gasteiger partial charge < -0.3 is 46.6 Å². The van der Waals surface area contributed by atoms with Crippen LogP contribution in [-0.2, 0) is 22.4 Å². The predicted octanol–water partition coefficient (Wildman–Crippen LogP) is 0.548. The summed E-state index contributed by atoms with van der Waals surface area (Å²) in [6.07, 6.45) is -5.17. The van der Waals surface area contributed by atoms with Crippen molar-refractivity contribution < 1.29 is 39.9 Å². The Morgan fingerprint density at radius 2 is 1.68 bits per heavy atom. The number of hydrogen-bond donors (Lipinski definition) is 8. The first-order valence-electron chi connectivity index (χ1n) is 13.5. The SMILES string of the molecule is Cc1cc(O)c([C@@H]2O[C@H](CO)[C@@H](O)[C@H](O)[C@H]2O)cc1Cc1ccc(CCNC(=O)N[C@@H](CC(C)C)C(N)=O)cc1. The smallest absolute Gasteiger partial charge is 0.315 e. The number of aliphatic hydroxyl groups excluding tert-OH is 4. The summed E-state index contributed by atoms with van der Waals surface area (Å²) in [7, 11) is 0. The molecule has 1 aliphatic heterocycles. The number of phenolic OH excluding ortho intramolecular Hbond substituents is 1. The molecule has 0 bridgehead atoms. The fourth-order valence-corrected chi connectivity index (χ4v) is 4.82. The lowest BCUT2D eigenvalue weighted by atomic mass is 9.88. The van der Waals surface area contributed by atoms with Crippen molar-refractivity contribution >= 4 is 11.9 Å². The van der Waals surface area contributed by atoms with Crippen molar-refractivity contribution in [2.45, 2.75) is 76.6 Å². The van der Waals surface area contributed by atoms with E-state index in [1.165, 1.54) is 0 Å². The Hall–Kier alpha value is -3.22. The van der Waals surface area contributed by atoms with Crippen LogP contribution >= 0.6 is 0 Å². The van der Waals surface area contributed by atoms with E-state index in [4.69, 9.17) is 10.5 Å². The molecule has 3 amide bonds. The van der Waals surface area contributed by atoms with Gasteiger partial charge in [0.05, 0.1) is 6.61 Å². The molecule has 11 nitrogen and oxygen atoms in total. The molecule has 1 heterocycles. The molecule has 220 valence electrons. The quantitative estimate of drug-likeness (QED) is 0.195. The molecule has 0 aliphatic carbocycles. The van der Waals surface area contributed by atoms with Crippen LogP contribution in [0.5, 0.6) is 5.75 Å². The van der Waals surface area contributed by atoms with E-state index in [9.17, 15) is 35.1 Å². The second kappa shape index (κ2) is 13.9. The Morgan fingerprint density at radius 1 is 1.02 bits per heavy atom. The van der Waals surface area contributed by atoms with Gasteiger partial charge in [0.15, 0.2) is 0 Å². The standard InChI is InChI=1S/C29H41N3O8/c1-15(2)10-21(28(30)38)32-29(39)31-9-8-17-4-6-18(7-5-17)12-19-13-20(22(34)11-16(19)3)27-26(37)25(36)24(35)23(14-33)40-27/h4-7,11,13,15,21,23-27,33-37H,8-10,12,14H2,1-3H3,(H2,30,38)(H2,31,32,39)/t21-,23+,24+,25-,26+,27-/m0/s1. The number of hydrogen-bond acceptors (Lipinski definition) is 8. The van der Waals surface area contributed by atoms with Crippen molar-refractivity contribution in [3.63, 3.8) is 0 Å². The van der Waals surface area contributed by atoms with E-state index in [-0.39, 0.29) is 17.2 Å². The zero-order chi connectivity index (χ0) is 29.6. The van der Waals surface area contributed by atoms with Gasteiger partial charge in [0, 0.05) is 12.1 Å². The molecule has 2 aromatic carbocycles. The molecular formula is C29H41N3O8. The second-order valence-electron chi connectivity index (χ2n) is 10.8. The molecule has 1 aliphatic rings. The molecule has 3 rings (SSSR count). The molecule has 2 aromatic rings. The average Bonchev–Trinajstić information content (AvgIpc) is 2.89. The predicted molar refractivity (Wildman–Crippen MR) is 147 cm³/mol. The van der Waals surface area contributed by atoms with Crippen LogP contribution in [-0.4, -0.2) is 81.1 Å². The first-order valence-corrected chi connectivity index (χ1v) is 13.5. The molecule has 9 N–H and O–H groups in total. The van der Waals surface area contributed by atoms with E-state index < -0.39 is 55.1 Å². The van der Waals surface area contributed by atoms with Crippen LogP contribution in [0.2, 0.25) is 0 Å². The number of nitrogens with one attached hydrogen (secondary N) is 2. The van der Waals surface area contributed by atoms with E-state index in [0.29, 0.717) is 25.8 Å². The fourth-order valence-electron chi connectivity index (χ4n) is 4.82. The van der Waals surface area contributed by atoms with Gasteiger partial charge in [-0.1, -0.05) is 38.1 Å². The van der Waals surface area contributed by atoms with Crippen LogP contribution in [0.15, 0.2) is 36.4 Å². The molecule has 40 heavy (non-hydrogen) atoms. The van der Waals surface area contributed by atoms with Crippen LogP contribution < -0.4 is 16.4 Å². The number of amides is 3. The van der Waals surface area contributed by atoms with Gasteiger partial charge in [-0.15, -0.1) is 0 Å². The zero-order valence-electron chi connectivity index (χ0n) is 23.1. The minimum Gasteiger partial charge on any atom is -0.508 e. The van der Waals surface area contributed by atoms with Crippen molar-refractivity contribution in [2.75, 3.05) is 13.2 Å². The van der Waals surface area contributed by atoms with E-state index in [2.05, 4.69) is 10.6 Å². The largest absolute Gasteiger partial charge is 0.508 e. The molecule has 6 atom stereocenters. The number of carbonyl (C=O) groups excluding carboxylic acids is 2. The van der Waals surface area contributed by atoms with E-state index in [0.717, 1.165) is 22.3 Å². The van der Waals surface area contributed by atoms with Gasteiger partial charge in [-0.25, -0.2) is 4.79 Å².